The number of sulfonamides is 1. The molecule has 3 rings (SSSR count). The Morgan fingerprint density at radius 1 is 1.03 bits per heavy atom. The number of benzene rings is 2. The number of amides is 1. The minimum atomic E-state index is -3.80. The van der Waals surface area contributed by atoms with Crippen molar-refractivity contribution in [2.24, 2.45) is 0 Å². The van der Waals surface area contributed by atoms with E-state index in [1.165, 1.54) is 4.31 Å². The van der Waals surface area contributed by atoms with Crippen LogP contribution in [0.4, 0.5) is 0 Å². The van der Waals surface area contributed by atoms with Gasteiger partial charge in [-0.2, -0.15) is 4.31 Å². The first-order valence-corrected chi connectivity index (χ1v) is 13.2. The van der Waals surface area contributed by atoms with E-state index in [0.29, 0.717) is 17.9 Å². The van der Waals surface area contributed by atoms with Crippen molar-refractivity contribution < 1.29 is 17.9 Å². The maximum absolute atomic E-state index is 13.8. The zero-order valence-corrected chi connectivity index (χ0v) is 21.0. The van der Waals surface area contributed by atoms with Crippen molar-refractivity contribution in [3.05, 3.63) is 58.7 Å². The van der Waals surface area contributed by atoms with Crippen molar-refractivity contribution in [3.8, 4) is 5.75 Å². The molecule has 0 unspecified atom stereocenters. The number of carbonyl (C=O) groups is 1. The number of hydrogen-bond acceptors (Lipinski definition) is 4. The molecule has 33 heavy (non-hydrogen) atoms. The molecular weight excluding hydrogens is 436 g/mol. The van der Waals surface area contributed by atoms with Crippen molar-refractivity contribution in [3.63, 3.8) is 0 Å². The molecular formula is C26H36N2O4S. The van der Waals surface area contributed by atoms with Gasteiger partial charge in [-0.05, 0) is 68.9 Å². The minimum Gasteiger partial charge on any atom is -0.497 e. The Kier molecular flexibility index (Phi) is 8.54. The zero-order chi connectivity index (χ0) is 24.0. The summed E-state index contributed by atoms with van der Waals surface area (Å²) in [6, 6.07) is 11.4. The molecule has 1 N–H and O–H groups in total. The molecule has 6 nitrogen and oxygen atoms in total. The topological polar surface area (TPSA) is 75.7 Å². The molecule has 0 radical (unpaired) electrons. The number of methoxy groups -OCH3 is 1. The highest BCUT2D eigenvalue weighted by Crippen LogP contribution is 2.31. The highest BCUT2D eigenvalue weighted by Gasteiger charge is 2.35. The van der Waals surface area contributed by atoms with E-state index in [2.05, 4.69) is 5.32 Å². The van der Waals surface area contributed by atoms with Crippen LogP contribution in [-0.2, 0) is 21.2 Å². The van der Waals surface area contributed by atoms with Crippen molar-refractivity contribution in [1.82, 2.24) is 9.62 Å². The van der Waals surface area contributed by atoms with Crippen LogP contribution in [0, 0.1) is 20.8 Å². The molecule has 2 aromatic rings. The van der Waals surface area contributed by atoms with Gasteiger partial charge in [-0.3, -0.25) is 4.79 Å². The predicted molar refractivity (Wildman–Crippen MR) is 131 cm³/mol. The number of aryl methyl sites for hydroxylation is 3. The molecule has 0 spiro atoms. The fourth-order valence-electron chi connectivity index (χ4n) is 4.81. The molecule has 1 saturated carbocycles. The molecule has 2 aromatic carbocycles. The second-order valence-electron chi connectivity index (χ2n) is 9.02. The van der Waals surface area contributed by atoms with Crippen LogP contribution < -0.4 is 10.1 Å². The van der Waals surface area contributed by atoms with Gasteiger partial charge in [0.15, 0.2) is 0 Å². The van der Waals surface area contributed by atoms with Crippen LogP contribution in [0.15, 0.2) is 41.3 Å². The Balaban J connectivity index is 1.74. The summed E-state index contributed by atoms with van der Waals surface area (Å²) < 4.78 is 34.3. The summed E-state index contributed by atoms with van der Waals surface area (Å²) in [6.45, 7) is 5.93. The molecule has 0 aliphatic heterocycles. The first-order chi connectivity index (χ1) is 15.7. The van der Waals surface area contributed by atoms with Crippen LogP contribution in [0.1, 0.15) is 54.4 Å². The van der Waals surface area contributed by atoms with Crippen LogP contribution in [0.25, 0.3) is 0 Å². The van der Waals surface area contributed by atoms with Crippen molar-refractivity contribution >= 4 is 15.9 Å². The van der Waals surface area contributed by atoms with Crippen LogP contribution in [-0.4, -0.2) is 44.9 Å². The summed E-state index contributed by atoms with van der Waals surface area (Å²) in [4.78, 5) is 13.2. The predicted octanol–water partition coefficient (Wildman–Crippen LogP) is 4.30. The quantitative estimate of drug-likeness (QED) is 0.590. The van der Waals surface area contributed by atoms with E-state index in [1.807, 2.05) is 57.2 Å². The number of ether oxygens (including phenoxy) is 1. The van der Waals surface area contributed by atoms with Gasteiger partial charge in [-0.25, -0.2) is 8.42 Å². The number of rotatable bonds is 9. The van der Waals surface area contributed by atoms with Gasteiger partial charge in [0.25, 0.3) is 0 Å². The van der Waals surface area contributed by atoms with E-state index in [4.69, 9.17) is 4.74 Å². The van der Waals surface area contributed by atoms with Crippen LogP contribution in [0.5, 0.6) is 5.75 Å². The molecule has 180 valence electrons. The van der Waals surface area contributed by atoms with Gasteiger partial charge in [-0.15, -0.1) is 0 Å². The monoisotopic (exact) mass is 472 g/mol. The van der Waals surface area contributed by atoms with E-state index in [1.54, 1.807) is 7.11 Å². The summed E-state index contributed by atoms with van der Waals surface area (Å²) in [6.07, 6.45) is 5.34. The highest BCUT2D eigenvalue weighted by molar-refractivity contribution is 7.89. The highest BCUT2D eigenvalue weighted by atomic mass is 32.2. The normalized spacial score (nSPS) is 14.9. The van der Waals surface area contributed by atoms with E-state index in [0.717, 1.165) is 60.1 Å². The Morgan fingerprint density at radius 2 is 1.64 bits per heavy atom. The van der Waals surface area contributed by atoms with Gasteiger partial charge in [0.1, 0.15) is 5.75 Å². The summed E-state index contributed by atoms with van der Waals surface area (Å²) in [5.41, 5.74) is 3.57. The van der Waals surface area contributed by atoms with Crippen molar-refractivity contribution in [2.45, 2.75) is 70.2 Å². The smallest absolute Gasteiger partial charge is 0.244 e. The minimum absolute atomic E-state index is 0.142. The molecule has 0 bridgehead atoms. The fraction of sp³-hybridized carbons (Fsp3) is 0.500. The summed E-state index contributed by atoms with van der Waals surface area (Å²) in [5, 5.41) is 2.91. The third kappa shape index (κ3) is 6.36. The molecule has 7 heteroatoms. The lowest BCUT2D eigenvalue weighted by atomic mass is 9.95. The number of nitrogens with zero attached hydrogens (tertiary/aromatic N) is 1. The molecule has 0 aromatic heterocycles. The zero-order valence-electron chi connectivity index (χ0n) is 20.2. The molecule has 0 atom stereocenters. The van der Waals surface area contributed by atoms with Crippen LogP contribution in [0.2, 0.25) is 0 Å². The lowest BCUT2D eigenvalue weighted by Gasteiger charge is -2.33. The van der Waals surface area contributed by atoms with E-state index in [9.17, 15) is 13.2 Å². The maximum atomic E-state index is 13.8. The third-order valence-corrected chi connectivity index (χ3v) is 8.55. The van der Waals surface area contributed by atoms with Gasteiger partial charge < -0.3 is 10.1 Å². The van der Waals surface area contributed by atoms with Gasteiger partial charge >= 0.3 is 0 Å². The second-order valence-corrected chi connectivity index (χ2v) is 10.8. The van der Waals surface area contributed by atoms with Gasteiger partial charge in [0, 0.05) is 12.6 Å². The SMILES string of the molecule is COc1ccc(CCNC(=O)CN(C2CCCCC2)S(=O)(=O)c2c(C)cc(C)cc2C)cc1. The van der Waals surface area contributed by atoms with Gasteiger partial charge in [-0.1, -0.05) is 49.1 Å². The van der Waals surface area contributed by atoms with Crippen molar-refractivity contribution in [1.29, 1.82) is 0 Å². The molecule has 0 heterocycles. The second kappa shape index (κ2) is 11.2. The number of nitrogens with one attached hydrogen (secondary N) is 1. The largest absolute Gasteiger partial charge is 0.497 e. The van der Waals surface area contributed by atoms with Gasteiger partial charge in [0.05, 0.1) is 18.6 Å². The average Bonchev–Trinajstić information content (AvgIpc) is 2.77. The first-order valence-electron chi connectivity index (χ1n) is 11.7. The Labute approximate surface area is 198 Å². The van der Waals surface area contributed by atoms with E-state index in [-0.39, 0.29) is 18.5 Å². The summed E-state index contributed by atoms with van der Waals surface area (Å²) in [7, 11) is -2.17. The third-order valence-electron chi connectivity index (χ3n) is 6.35. The molecule has 1 fully saturated rings. The Hall–Kier alpha value is -2.38. The standard InChI is InChI=1S/C26H36N2O4S/c1-19-16-20(2)26(21(3)17-19)33(30,31)28(23-8-6-5-7-9-23)18-25(29)27-15-14-22-10-12-24(32-4)13-11-22/h10-13,16-17,23H,5-9,14-15,18H2,1-4H3,(H,27,29). The Bertz CT molecular complexity index is 1040. The lowest BCUT2D eigenvalue weighted by Crippen LogP contribution is -2.47. The first kappa shape index (κ1) is 25.2. The molecule has 1 aliphatic rings. The number of carbonyl (C=O) groups excluding carboxylic acids is 1. The molecule has 0 saturated heterocycles. The maximum Gasteiger partial charge on any atom is 0.244 e. The van der Waals surface area contributed by atoms with E-state index >= 15 is 0 Å². The lowest BCUT2D eigenvalue weighted by molar-refractivity contribution is -0.121. The van der Waals surface area contributed by atoms with Gasteiger partial charge in [0.2, 0.25) is 15.9 Å². The Morgan fingerprint density at radius 3 is 2.21 bits per heavy atom. The van der Waals surface area contributed by atoms with Crippen LogP contribution >= 0.6 is 0 Å². The fourth-order valence-corrected chi connectivity index (χ4v) is 6.86. The number of hydrogen-bond donors (Lipinski definition) is 1. The van der Waals surface area contributed by atoms with Crippen LogP contribution in [0.3, 0.4) is 0 Å². The summed E-state index contributed by atoms with van der Waals surface area (Å²) in [5.74, 6) is 0.526. The van der Waals surface area contributed by atoms with Crippen molar-refractivity contribution in [2.75, 3.05) is 20.2 Å². The van der Waals surface area contributed by atoms with E-state index < -0.39 is 10.0 Å². The molecule has 1 aliphatic carbocycles. The molecule has 1 amide bonds. The summed E-state index contributed by atoms with van der Waals surface area (Å²) >= 11 is 0. The average molecular weight is 473 g/mol.